The van der Waals surface area contributed by atoms with Gasteiger partial charge < -0.3 is 10.3 Å². The molecule has 0 saturated heterocycles. The van der Waals surface area contributed by atoms with E-state index in [9.17, 15) is 0 Å². The molecule has 0 bridgehead atoms. The van der Waals surface area contributed by atoms with Crippen molar-refractivity contribution in [3.63, 3.8) is 0 Å². The van der Waals surface area contributed by atoms with E-state index in [2.05, 4.69) is 37.0 Å². The summed E-state index contributed by atoms with van der Waals surface area (Å²) in [5.74, 6) is 0.889. The lowest BCUT2D eigenvalue weighted by atomic mass is 10.1. The van der Waals surface area contributed by atoms with Crippen molar-refractivity contribution >= 4 is 0 Å². The van der Waals surface area contributed by atoms with Gasteiger partial charge in [0.15, 0.2) is 0 Å². The highest BCUT2D eigenvalue weighted by Crippen LogP contribution is 2.15. The molecule has 2 N–H and O–H groups in total. The van der Waals surface area contributed by atoms with E-state index in [-0.39, 0.29) is 0 Å². The molecule has 1 aromatic carbocycles. The largest absolute Gasteiger partial charge is 0.324 e. The zero-order valence-corrected chi connectivity index (χ0v) is 9.07. The molecule has 1 aromatic heterocycles. The molecule has 0 aliphatic heterocycles. The fourth-order valence-electron chi connectivity index (χ4n) is 1.81. The van der Waals surface area contributed by atoms with Gasteiger partial charge in [0.1, 0.15) is 5.82 Å². The summed E-state index contributed by atoms with van der Waals surface area (Å²) in [6.07, 6.45) is 3.72. The van der Waals surface area contributed by atoms with Crippen LogP contribution in [-0.2, 0) is 6.54 Å². The monoisotopic (exact) mass is 201 g/mol. The number of benzene rings is 1. The summed E-state index contributed by atoms with van der Waals surface area (Å²) in [6, 6.07) is 6.42. The van der Waals surface area contributed by atoms with E-state index < -0.39 is 0 Å². The topological polar surface area (TPSA) is 43.8 Å². The summed E-state index contributed by atoms with van der Waals surface area (Å²) in [4.78, 5) is 4.21. The highest BCUT2D eigenvalue weighted by Gasteiger charge is 2.03. The van der Waals surface area contributed by atoms with Gasteiger partial charge in [0.25, 0.3) is 0 Å². The molecule has 0 aliphatic carbocycles. The van der Waals surface area contributed by atoms with Crippen molar-refractivity contribution in [3.05, 3.63) is 47.5 Å². The number of rotatable bonds is 2. The molecule has 0 fully saturated rings. The van der Waals surface area contributed by atoms with Gasteiger partial charge in [-0.2, -0.15) is 0 Å². The van der Waals surface area contributed by atoms with E-state index in [1.807, 2.05) is 10.8 Å². The van der Waals surface area contributed by atoms with Crippen molar-refractivity contribution in [2.75, 3.05) is 0 Å². The molecule has 3 nitrogen and oxygen atoms in total. The van der Waals surface area contributed by atoms with Gasteiger partial charge in [-0.05, 0) is 37.1 Å². The van der Waals surface area contributed by atoms with Crippen LogP contribution in [0.1, 0.15) is 17.0 Å². The lowest BCUT2D eigenvalue weighted by molar-refractivity contribution is 0.866. The summed E-state index contributed by atoms with van der Waals surface area (Å²) in [7, 11) is 0. The van der Waals surface area contributed by atoms with E-state index in [1.54, 1.807) is 6.20 Å². The average Bonchev–Trinajstić information content (AvgIpc) is 2.63. The van der Waals surface area contributed by atoms with Crippen LogP contribution in [0.3, 0.4) is 0 Å². The van der Waals surface area contributed by atoms with Gasteiger partial charge >= 0.3 is 0 Å². The van der Waals surface area contributed by atoms with E-state index in [4.69, 9.17) is 5.73 Å². The third-order valence-electron chi connectivity index (χ3n) is 2.38. The number of nitrogens with two attached hydrogens (primary N) is 1. The lowest BCUT2D eigenvalue weighted by Gasteiger charge is -2.08. The smallest absolute Gasteiger partial charge is 0.126 e. The third-order valence-corrected chi connectivity index (χ3v) is 2.38. The maximum atomic E-state index is 5.63. The van der Waals surface area contributed by atoms with Gasteiger partial charge in [0, 0.05) is 18.1 Å². The number of aryl methyl sites for hydroxylation is 2. The van der Waals surface area contributed by atoms with Crippen LogP contribution in [0.25, 0.3) is 5.69 Å². The fourth-order valence-corrected chi connectivity index (χ4v) is 1.81. The zero-order valence-electron chi connectivity index (χ0n) is 9.07. The van der Waals surface area contributed by atoms with Crippen molar-refractivity contribution in [2.24, 2.45) is 5.73 Å². The molecule has 1 heterocycles. The maximum absolute atomic E-state index is 5.63. The molecule has 0 aliphatic rings. The van der Waals surface area contributed by atoms with Crippen molar-refractivity contribution in [1.82, 2.24) is 9.55 Å². The van der Waals surface area contributed by atoms with Crippen LogP contribution >= 0.6 is 0 Å². The summed E-state index contributed by atoms with van der Waals surface area (Å²) < 4.78 is 2.03. The molecule has 2 aromatic rings. The first-order valence-electron chi connectivity index (χ1n) is 5.01. The average molecular weight is 201 g/mol. The first-order valence-corrected chi connectivity index (χ1v) is 5.01. The number of aromatic nitrogens is 2. The van der Waals surface area contributed by atoms with Crippen LogP contribution in [0, 0.1) is 13.8 Å². The molecule has 0 radical (unpaired) electrons. The summed E-state index contributed by atoms with van der Waals surface area (Å²) in [6.45, 7) is 4.64. The minimum Gasteiger partial charge on any atom is -0.324 e. The fraction of sp³-hybridized carbons (Fsp3) is 0.250. The molecule has 0 atom stereocenters. The molecule has 2 rings (SSSR count). The number of hydrogen-bond donors (Lipinski definition) is 1. The maximum Gasteiger partial charge on any atom is 0.126 e. The summed E-state index contributed by atoms with van der Waals surface area (Å²) in [5, 5.41) is 0. The predicted octanol–water partition coefficient (Wildman–Crippen LogP) is 1.95. The Morgan fingerprint density at radius 2 is 1.87 bits per heavy atom. The molecule has 0 saturated carbocycles. The van der Waals surface area contributed by atoms with Crippen LogP contribution in [-0.4, -0.2) is 9.55 Å². The highest BCUT2D eigenvalue weighted by atomic mass is 15.1. The van der Waals surface area contributed by atoms with Crippen LogP contribution < -0.4 is 5.73 Å². The van der Waals surface area contributed by atoms with E-state index in [0.717, 1.165) is 11.5 Å². The molecule has 3 heteroatoms. The third kappa shape index (κ3) is 1.92. The highest BCUT2D eigenvalue weighted by molar-refractivity contribution is 5.40. The van der Waals surface area contributed by atoms with Crippen LogP contribution in [0.4, 0.5) is 0 Å². The summed E-state index contributed by atoms with van der Waals surface area (Å²) >= 11 is 0. The quantitative estimate of drug-likeness (QED) is 0.807. The van der Waals surface area contributed by atoms with Gasteiger partial charge in [0.05, 0.1) is 6.54 Å². The number of hydrogen-bond acceptors (Lipinski definition) is 2. The van der Waals surface area contributed by atoms with Crippen LogP contribution in [0.15, 0.2) is 30.6 Å². The van der Waals surface area contributed by atoms with Crippen LogP contribution in [0.5, 0.6) is 0 Å². The van der Waals surface area contributed by atoms with Crippen molar-refractivity contribution in [2.45, 2.75) is 20.4 Å². The Morgan fingerprint density at radius 1 is 1.20 bits per heavy atom. The van der Waals surface area contributed by atoms with Crippen molar-refractivity contribution in [3.8, 4) is 5.69 Å². The number of imidazole rings is 1. The molecular formula is C12H15N3. The minimum absolute atomic E-state index is 0.458. The molecule has 0 unspecified atom stereocenters. The second-order valence-corrected chi connectivity index (χ2v) is 3.76. The van der Waals surface area contributed by atoms with E-state index in [0.29, 0.717) is 6.54 Å². The summed E-state index contributed by atoms with van der Waals surface area (Å²) in [5.41, 5.74) is 9.26. The Bertz CT molecular complexity index is 451. The lowest BCUT2D eigenvalue weighted by Crippen LogP contribution is -2.06. The van der Waals surface area contributed by atoms with E-state index >= 15 is 0 Å². The normalized spacial score (nSPS) is 10.6. The van der Waals surface area contributed by atoms with Gasteiger partial charge in [-0.3, -0.25) is 0 Å². The standard InChI is InChI=1S/C12H15N3/c1-9-5-10(2)7-11(6-9)15-4-3-14-12(15)8-13/h3-7H,8,13H2,1-2H3. The first-order chi connectivity index (χ1) is 7.20. The Hall–Kier alpha value is -1.61. The Morgan fingerprint density at radius 3 is 2.47 bits per heavy atom. The van der Waals surface area contributed by atoms with Gasteiger partial charge in [-0.25, -0.2) is 4.98 Å². The van der Waals surface area contributed by atoms with Crippen molar-refractivity contribution in [1.29, 1.82) is 0 Å². The number of nitrogens with zero attached hydrogens (tertiary/aromatic N) is 2. The molecule has 0 amide bonds. The molecule has 15 heavy (non-hydrogen) atoms. The molecule has 0 spiro atoms. The minimum atomic E-state index is 0.458. The Kier molecular flexibility index (Phi) is 2.56. The van der Waals surface area contributed by atoms with Gasteiger partial charge in [-0.1, -0.05) is 6.07 Å². The van der Waals surface area contributed by atoms with Gasteiger partial charge in [0.2, 0.25) is 0 Å². The van der Waals surface area contributed by atoms with Gasteiger partial charge in [-0.15, -0.1) is 0 Å². The zero-order chi connectivity index (χ0) is 10.8. The molecular weight excluding hydrogens is 186 g/mol. The van der Waals surface area contributed by atoms with Crippen molar-refractivity contribution < 1.29 is 0 Å². The predicted molar refractivity (Wildman–Crippen MR) is 60.9 cm³/mol. The second kappa shape index (κ2) is 3.87. The SMILES string of the molecule is Cc1cc(C)cc(-n2ccnc2CN)c1. The Balaban J connectivity index is 2.53. The van der Waals surface area contributed by atoms with Crippen LogP contribution in [0.2, 0.25) is 0 Å². The second-order valence-electron chi connectivity index (χ2n) is 3.76. The Labute approximate surface area is 89.6 Å². The first kappa shape index (κ1) is 9.93. The molecule has 78 valence electrons. The van der Waals surface area contributed by atoms with E-state index in [1.165, 1.54) is 11.1 Å².